The van der Waals surface area contributed by atoms with E-state index in [1.807, 2.05) is 12.1 Å². The van der Waals surface area contributed by atoms with Gasteiger partial charge in [0, 0.05) is 21.9 Å². The minimum atomic E-state index is -0.417. The molecule has 1 aliphatic carbocycles. The number of fused-ring (bicyclic) bond motifs is 6. The molecule has 0 atom stereocenters. The van der Waals surface area contributed by atoms with E-state index in [0.717, 1.165) is 21.9 Å². The third-order valence-electron chi connectivity index (χ3n) is 7.01. The van der Waals surface area contributed by atoms with Crippen LogP contribution < -0.4 is 0 Å². The van der Waals surface area contributed by atoms with Gasteiger partial charge in [0.15, 0.2) is 0 Å². The molecule has 0 unspecified atom stereocenters. The highest BCUT2D eigenvalue weighted by Crippen LogP contribution is 2.57. The maximum atomic E-state index is 6.34. The van der Waals surface area contributed by atoms with Crippen LogP contribution in [-0.4, -0.2) is 0 Å². The monoisotopic (exact) mass is 442 g/mol. The minimum absolute atomic E-state index is 0.417. The van der Waals surface area contributed by atoms with Crippen molar-refractivity contribution in [2.24, 2.45) is 0 Å². The van der Waals surface area contributed by atoms with Gasteiger partial charge in [-0.1, -0.05) is 96.5 Å². The lowest BCUT2D eigenvalue weighted by atomic mass is 9.67. The van der Waals surface area contributed by atoms with Crippen LogP contribution in [0.3, 0.4) is 0 Å². The number of hydrogen-bond acceptors (Lipinski definition) is 1. The van der Waals surface area contributed by atoms with Gasteiger partial charge >= 0.3 is 0 Å². The van der Waals surface area contributed by atoms with Crippen LogP contribution in [0.4, 0.5) is 0 Å². The Bertz CT molecular complexity index is 1620. The van der Waals surface area contributed by atoms with Crippen LogP contribution in [-0.2, 0) is 5.41 Å². The molecule has 33 heavy (non-hydrogen) atoms. The van der Waals surface area contributed by atoms with Gasteiger partial charge in [-0.2, -0.15) is 0 Å². The van der Waals surface area contributed by atoms with Crippen LogP contribution in [0.2, 0.25) is 5.02 Å². The van der Waals surface area contributed by atoms with Crippen molar-refractivity contribution in [3.63, 3.8) is 0 Å². The van der Waals surface area contributed by atoms with Crippen LogP contribution in [0.1, 0.15) is 22.3 Å². The van der Waals surface area contributed by atoms with Gasteiger partial charge in [0.05, 0.1) is 5.41 Å². The van der Waals surface area contributed by atoms with E-state index in [9.17, 15) is 0 Å². The molecule has 1 nitrogen and oxygen atoms in total. The molecule has 1 aromatic heterocycles. The van der Waals surface area contributed by atoms with Gasteiger partial charge in [0.25, 0.3) is 0 Å². The van der Waals surface area contributed by atoms with Crippen molar-refractivity contribution < 1.29 is 4.42 Å². The van der Waals surface area contributed by atoms with Crippen molar-refractivity contribution in [1.29, 1.82) is 0 Å². The van der Waals surface area contributed by atoms with Gasteiger partial charge < -0.3 is 4.42 Å². The first-order chi connectivity index (χ1) is 16.3. The Morgan fingerprint density at radius 2 is 1.15 bits per heavy atom. The molecule has 0 saturated heterocycles. The highest BCUT2D eigenvalue weighted by molar-refractivity contribution is 6.31. The number of halogens is 1. The van der Waals surface area contributed by atoms with Crippen LogP contribution >= 0.6 is 11.6 Å². The van der Waals surface area contributed by atoms with Gasteiger partial charge in [-0.15, -0.1) is 0 Å². The Labute approximate surface area is 196 Å². The fourth-order valence-corrected chi connectivity index (χ4v) is 5.85. The SMILES string of the molecule is Clc1ccc2c(c1)oc1cc3c(cc12)-c1ccccc1C3(c1ccccc1)c1ccccc1. The first kappa shape index (κ1) is 18.7. The van der Waals surface area contributed by atoms with E-state index in [-0.39, 0.29) is 0 Å². The second-order valence-electron chi connectivity index (χ2n) is 8.66. The summed E-state index contributed by atoms with van der Waals surface area (Å²) in [6.07, 6.45) is 0. The van der Waals surface area contributed by atoms with Gasteiger partial charge in [0.2, 0.25) is 0 Å². The molecule has 0 amide bonds. The molecular formula is C31H19ClO. The second-order valence-corrected chi connectivity index (χ2v) is 9.10. The fraction of sp³-hybridized carbons (Fsp3) is 0.0323. The van der Waals surface area contributed by atoms with Crippen molar-refractivity contribution in [1.82, 2.24) is 0 Å². The smallest absolute Gasteiger partial charge is 0.136 e. The average molecular weight is 443 g/mol. The molecule has 0 saturated carbocycles. The van der Waals surface area contributed by atoms with E-state index in [2.05, 4.69) is 103 Å². The van der Waals surface area contributed by atoms with E-state index in [0.29, 0.717) is 5.02 Å². The summed E-state index contributed by atoms with van der Waals surface area (Å²) in [7, 11) is 0. The molecule has 0 fully saturated rings. The summed E-state index contributed by atoms with van der Waals surface area (Å²) in [5.74, 6) is 0. The molecule has 0 aliphatic heterocycles. The number of benzene rings is 5. The highest BCUT2D eigenvalue weighted by Gasteiger charge is 2.46. The molecule has 0 bridgehead atoms. The zero-order valence-corrected chi connectivity index (χ0v) is 18.5. The molecular weight excluding hydrogens is 424 g/mol. The van der Waals surface area contributed by atoms with Gasteiger partial charge in [-0.05, 0) is 57.6 Å². The van der Waals surface area contributed by atoms with E-state index < -0.39 is 5.41 Å². The third kappa shape index (κ3) is 2.49. The molecule has 1 heterocycles. The summed E-state index contributed by atoms with van der Waals surface area (Å²) in [5.41, 5.74) is 8.86. The standard InChI is InChI=1S/C31H19ClO/c32-22-15-16-24-26-18-25-23-13-7-8-14-27(23)31(20-9-3-1-4-10-20,21-11-5-2-6-12-21)28(25)19-30(26)33-29(24)17-22/h1-19H. The topological polar surface area (TPSA) is 13.1 Å². The first-order valence-electron chi connectivity index (χ1n) is 11.1. The summed E-state index contributed by atoms with van der Waals surface area (Å²) in [5, 5.41) is 2.89. The van der Waals surface area contributed by atoms with Crippen LogP contribution in [0, 0.1) is 0 Å². The van der Waals surface area contributed by atoms with E-state index in [4.69, 9.17) is 16.0 Å². The lowest BCUT2D eigenvalue weighted by Gasteiger charge is -2.33. The maximum absolute atomic E-state index is 6.34. The minimum Gasteiger partial charge on any atom is -0.456 e. The molecule has 1 aliphatic rings. The summed E-state index contributed by atoms with van der Waals surface area (Å²) in [4.78, 5) is 0. The van der Waals surface area contributed by atoms with Gasteiger partial charge in [-0.25, -0.2) is 0 Å². The Kier molecular flexibility index (Phi) is 3.88. The van der Waals surface area contributed by atoms with Crippen LogP contribution in [0.5, 0.6) is 0 Å². The molecule has 6 aromatic rings. The molecule has 0 spiro atoms. The Balaban J connectivity index is 1.67. The summed E-state index contributed by atoms with van der Waals surface area (Å²) >= 11 is 6.26. The van der Waals surface area contributed by atoms with Crippen molar-refractivity contribution in [2.45, 2.75) is 5.41 Å². The maximum Gasteiger partial charge on any atom is 0.136 e. The molecule has 2 heteroatoms. The molecule has 156 valence electrons. The molecule has 0 radical (unpaired) electrons. The summed E-state index contributed by atoms with van der Waals surface area (Å²) in [6.45, 7) is 0. The zero-order chi connectivity index (χ0) is 22.0. The van der Waals surface area contributed by atoms with Crippen LogP contribution in [0.25, 0.3) is 33.1 Å². The Morgan fingerprint density at radius 3 is 1.88 bits per heavy atom. The van der Waals surface area contributed by atoms with E-state index >= 15 is 0 Å². The summed E-state index contributed by atoms with van der Waals surface area (Å²) < 4.78 is 6.34. The normalized spacial score (nSPS) is 13.8. The number of furan rings is 1. The Morgan fingerprint density at radius 1 is 0.515 bits per heavy atom. The largest absolute Gasteiger partial charge is 0.456 e. The first-order valence-corrected chi connectivity index (χ1v) is 11.5. The fourth-order valence-electron chi connectivity index (χ4n) is 5.68. The second kappa shape index (κ2) is 6.84. The quantitative estimate of drug-likeness (QED) is 0.261. The third-order valence-corrected chi connectivity index (χ3v) is 7.25. The summed E-state index contributed by atoms with van der Waals surface area (Å²) in [6, 6.07) is 40.8. The zero-order valence-electron chi connectivity index (χ0n) is 17.8. The van der Waals surface area contributed by atoms with Crippen molar-refractivity contribution in [2.75, 3.05) is 0 Å². The number of hydrogen-bond donors (Lipinski definition) is 0. The lowest BCUT2D eigenvalue weighted by Crippen LogP contribution is -2.28. The van der Waals surface area contributed by atoms with E-state index in [1.165, 1.54) is 33.4 Å². The average Bonchev–Trinajstić information content (AvgIpc) is 3.36. The van der Waals surface area contributed by atoms with E-state index in [1.54, 1.807) is 0 Å². The van der Waals surface area contributed by atoms with Crippen molar-refractivity contribution in [3.05, 3.63) is 143 Å². The molecule has 0 N–H and O–H groups in total. The Hall–Kier alpha value is -3.81. The van der Waals surface area contributed by atoms with Crippen molar-refractivity contribution >= 4 is 33.5 Å². The number of rotatable bonds is 2. The van der Waals surface area contributed by atoms with Crippen LogP contribution in [0.15, 0.2) is 120 Å². The van der Waals surface area contributed by atoms with Gasteiger partial charge in [-0.3, -0.25) is 0 Å². The molecule has 7 rings (SSSR count). The molecule has 5 aromatic carbocycles. The van der Waals surface area contributed by atoms with Crippen molar-refractivity contribution in [3.8, 4) is 11.1 Å². The lowest BCUT2D eigenvalue weighted by molar-refractivity contribution is 0.666. The predicted molar refractivity (Wildman–Crippen MR) is 136 cm³/mol. The van der Waals surface area contributed by atoms with Gasteiger partial charge in [0.1, 0.15) is 11.2 Å². The predicted octanol–water partition coefficient (Wildman–Crippen LogP) is 8.60. The highest BCUT2D eigenvalue weighted by atomic mass is 35.5.